The lowest BCUT2D eigenvalue weighted by atomic mass is 10.0. The molecule has 0 rings (SSSR count). The molecule has 0 N–H and O–H groups in total. The van der Waals surface area contributed by atoms with Crippen LogP contribution in [-0.4, -0.2) is 33.2 Å². The lowest BCUT2D eigenvalue weighted by Gasteiger charge is -2.20. The van der Waals surface area contributed by atoms with Crippen LogP contribution in [0.1, 0.15) is 20.3 Å². The minimum atomic E-state index is -1.30. The maximum Gasteiger partial charge on any atom is 0.320 e. The van der Waals surface area contributed by atoms with E-state index in [9.17, 15) is 9.59 Å². The third kappa shape index (κ3) is 7.82. The summed E-state index contributed by atoms with van der Waals surface area (Å²) in [5, 5.41) is 0. The van der Waals surface area contributed by atoms with Gasteiger partial charge in [-0.25, -0.2) is 0 Å². The summed E-state index contributed by atoms with van der Waals surface area (Å²) < 4.78 is 9.87. The molecule has 0 aliphatic carbocycles. The van der Waals surface area contributed by atoms with E-state index in [0.717, 1.165) is 11.6 Å². The molecule has 0 heterocycles. The monoisotopic (exact) mass is 286 g/mol. The van der Waals surface area contributed by atoms with Gasteiger partial charge in [0.1, 0.15) is 0 Å². The number of hydrogen-bond donors (Lipinski definition) is 0. The minimum absolute atomic E-state index is 0.259. The predicted octanol–water partition coefficient (Wildman–Crippen LogP) is 3.01. The normalized spacial score (nSPS) is 11.3. The Morgan fingerprint density at radius 3 is 1.79 bits per heavy atom. The second-order valence-electron chi connectivity index (χ2n) is 5.75. The molecule has 0 spiro atoms. The molecule has 5 heteroatoms. The van der Waals surface area contributed by atoms with Gasteiger partial charge in [-0.15, -0.1) is 6.58 Å². The highest BCUT2D eigenvalue weighted by molar-refractivity contribution is 6.76. The first-order chi connectivity index (χ1) is 8.71. The summed E-state index contributed by atoms with van der Waals surface area (Å²) in [7, 11) is -1.30. The van der Waals surface area contributed by atoms with E-state index in [1.165, 1.54) is 0 Å². The lowest BCUT2D eigenvalue weighted by Crippen LogP contribution is -2.29. The summed E-state index contributed by atoms with van der Waals surface area (Å²) in [6.45, 7) is 14.6. The van der Waals surface area contributed by atoms with Crippen molar-refractivity contribution in [3.63, 3.8) is 0 Å². The largest absolute Gasteiger partial charge is 0.465 e. The van der Waals surface area contributed by atoms with Gasteiger partial charge in [-0.1, -0.05) is 25.2 Å². The molecule has 0 aromatic carbocycles. The molecule has 0 aromatic rings. The number of carbonyl (C=O) groups is 2. The maximum absolute atomic E-state index is 11.8. The SMILES string of the molecule is C=C(CC(C(=O)OCC)C(=O)OCC)C[Si](C)(C)C. The molecule has 0 unspecified atom stereocenters. The molecule has 0 bridgehead atoms. The quantitative estimate of drug-likeness (QED) is 0.298. The molecule has 0 amide bonds. The zero-order valence-corrected chi connectivity index (χ0v) is 13.7. The Morgan fingerprint density at radius 2 is 1.47 bits per heavy atom. The van der Waals surface area contributed by atoms with E-state index in [1.54, 1.807) is 13.8 Å². The van der Waals surface area contributed by atoms with Crippen molar-refractivity contribution in [1.82, 2.24) is 0 Å². The van der Waals surface area contributed by atoms with Gasteiger partial charge in [-0.3, -0.25) is 9.59 Å². The van der Waals surface area contributed by atoms with E-state index >= 15 is 0 Å². The number of carbonyl (C=O) groups excluding carboxylic acids is 2. The summed E-state index contributed by atoms with van der Waals surface area (Å²) in [5.74, 6) is -1.90. The van der Waals surface area contributed by atoms with Gasteiger partial charge >= 0.3 is 11.9 Å². The molecule has 0 saturated carbocycles. The standard InChI is InChI=1S/C14H26O4Si/c1-7-17-13(15)12(14(16)18-8-2)9-11(3)10-19(4,5)6/h12H,3,7-10H2,1-2,4-6H3. The Kier molecular flexibility index (Phi) is 7.67. The summed E-state index contributed by atoms with van der Waals surface area (Å²) in [6, 6.07) is 0.891. The van der Waals surface area contributed by atoms with Crippen molar-refractivity contribution in [2.45, 2.75) is 46.0 Å². The van der Waals surface area contributed by atoms with Crippen LogP contribution in [0.25, 0.3) is 0 Å². The highest BCUT2D eigenvalue weighted by Gasteiger charge is 2.30. The van der Waals surface area contributed by atoms with E-state index < -0.39 is 25.9 Å². The van der Waals surface area contributed by atoms with Crippen LogP contribution >= 0.6 is 0 Å². The van der Waals surface area contributed by atoms with E-state index in [1.807, 2.05) is 0 Å². The molecular weight excluding hydrogens is 260 g/mol. The molecule has 110 valence electrons. The van der Waals surface area contributed by atoms with Crippen molar-refractivity contribution in [2.75, 3.05) is 13.2 Å². The van der Waals surface area contributed by atoms with Crippen molar-refractivity contribution in [3.05, 3.63) is 12.2 Å². The fraction of sp³-hybridized carbons (Fsp3) is 0.714. The van der Waals surface area contributed by atoms with Crippen molar-refractivity contribution in [2.24, 2.45) is 5.92 Å². The first kappa shape index (κ1) is 17.9. The third-order valence-corrected chi connectivity index (χ3v) is 3.98. The molecule has 0 aliphatic heterocycles. The first-order valence-electron chi connectivity index (χ1n) is 6.71. The molecule has 0 radical (unpaired) electrons. The zero-order chi connectivity index (χ0) is 15.1. The Morgan fingerprint density at radius 1 is 1.05 bits per heavy atom. The molecule has 0 fully saturated rings. The Labute approximate surface area is 117 Å². The molecular formula is C14H26O4Si. The van der Waals surface area contributed by atoms with Crippen LogP contribution in [0.15, 0.2) is 12.2 Å². The van der Waals surface area contributed by atoms with Crippen LogP contribution in [0.5, 0.6) is 0 Å². The third-order valence-electron chi connectivity index (χ3n) is 2.42. The molecule has 0 atom stereocenters. The van der Waals surface area contributed by atoms with Gasteiger partial charge < -0.3 is 9.47 Å². The van der Waals surface area contributed by atoms with E-state index in [4.69, 9.17) is 9.47 Å². The van der Waals surface area contributed by atoms with Gasteiger partial charge in [0.25, 0.3) is 0 Å². The summed E-state index contributed by atoms with van der Waals surface area (Å²) >= 11 is 0. The van der Waals surface area contributed by atoms with Crippen LogP contribution in [0.4, 0.5) is 0 Å². The Balaban J connectivity index is 4.71. The van der Waals surface area contributed by atoms with Crippen LogP contribution in [0.2, 0.25) is 25.7 Å². The molecule has 4 nitrogen and oxygen atoms in total. The van der Waals surface area contributed by atoms with Crippen molar-refractivity contribution >= 4 is 20.0 Å². The Hall–Kier alpha value is -1.10. The second kappa shape index (κ2) is 8.14. The molecule has 0 aromatic heterocycles. The Bertz CT molecular complexity index is 313. The number of rotatable bonds is 8. The van der Waals surface area contributed by atoms with Crippen LogP contribution in [-0.2, 0) is 19.1 Å². The van der Waals surface area contributed by atoms with Gasteiger partial charge in [0.2, 0.25) is 0 Å². The second-order valence-corrected chi connectivity index (χ2v) is 11.2. The number of ether oxygens (including phenoxy) is 2. The molecule has 0 saturated heterocycles. The highest BCUT2D eigenvalue weighted by Crippen LogP contribution is 2.22. The average Bonchev–Trinajstić information content (AvgIpc) is 2.24. The fourth-order valence-electron chi connectivity index (χ4n) is 1.86. The summed E-state index contributed by atoms with van der Waals surface area (Å²) in [6.07, 6.45) is 0.321. The van der Waals surface area contributed by atoms with E-state index in [-0.39, 0.29) is 13.2 Å². The molecule has 0 aliphatic rings. The summed E-state index contributed by atoms with van der Waals surface area (Å²) in [4.78, 5) is 23.6. The minimum Gasteiger partial charge on any atom is -0.465 e. The van der Waals surface area contributed by atoms with Crippen LogP contribution in [0.3, 0.4) is 0 Å². The average molecular weight is 286 g/mol. The number of allylic oxidation sites excluding steroid dienone is 1. The van der Waals surface area contributed by atoms with Crippen LogP contribution < -0.4 is 0 Å². The van der Waals surface area contributed by atoms with Gasteiger partial charge in [0.15, 0.2) is 5.92 Å². The summed E-state index contributed by atoms with van der Waals surface area (Å²) in [5.41, 5.74) is 0.922. The van der Waals surface area contributed by atoms with Gasteiger partial charge in [-0.2, -0.15) is 0 Å². The number of esters is 2. The van der Waals surface area contributed by atoms with Crippen molar-refractivity contribution in [3.8, 4) is 0 Å². The molecule has 19 heavy (non-hydrogen) atoms. The smallest absolute Gasteiger partial charge is 0.320 e. The van der Waals surface area contributed by atoms with Gasteiger partial charge in [0, 0.05) is 8.07 Å². The van der Waals surface area contributed by atoms with Gasteiger partial charge in [-0.05, 0) is 26.3 Å². The van der Waals surface area contributed by atoms with Crippen molar-refractivity contribution in [1.29, 1.82) is 0 Å². The van der Waals surface area contributed by atoms with E-state index in [0.29, 0.717) is 6.42 Å². The predicted molar refractivity (Wildman–Crippen MR) is 78.7 cm³/mol. The first-order valence-corrected chi connectivity index (χ1v) is 10.4. The zero-order valence-electron chi connectivity index (χ0n) is 12.7. The maximum atomic E-state index is 11.8. The fourth-order valence-corrected chi connectivity index (χ4v) is 3.50. The number of hydrogen-bond acceptors (Lipinski definition) is 4. The van der Waals surface area contributed by atoms with Crippen molar-refractivity contribution < 1.29 is 19.1 Å². The van der Waals surface area contributed by atoms with Gasteiger partial charge in [0.05, 0.1) is 13.2 Å². The van der Waals surface area contributed by atoms with Crippen LogP contribution in [0, 0.1) is 5.92 Å². The topological polar surface area (TPSA) is 52.6 Å². The van der Waals surface area contributed by atoms with E-state index in [2.05, 4.69) is 26.2 Å². The lowest BCUT2D eigenvalue weighted by molar-refractivity contribution is -0.161. The highest BCUT2D eigenvalue weighted by atomic mass is 28.3.